The molecule has 25 heavy (non-hydrogen) atoms. The number of aromatic nitrogens is 2. The molecule has 3 rings (SSSR count). The molecule has 2 N–H and O–H groups in total. The van der Waals surface area contributed by atoms with Crippen molar-refractivity contribution < 1.29 is 4.79 Å². The molecule has 0 unspecified atom stereocenters. The summed E-state index contributed by atoms with van der Waals surface area (Å²) in [6.07, 6.45) is 5.78. The molecule has 1 aromatic carbocycles. The first-order chi connectivity index (χ1) is 12.1. The lowest BCUT2D eigenvalue weighted by molar-refractivity contribution is 0.0922. The van der Waals surface area contributed by atoms with Gasteiger partial charge in [-0.1, -0.05) is 43.5 Å². The lowest BCUT2D eigenvalue weighted by Crippen LogP contribution is -2.36. The van der Waals surface area contributed by atoms with Crippen LogP contribution in [-0.4, -0.2) is 21.9 Å². The number of carbonyl (C=O) groups is 1. The van der Waals surface area contributed by atoms with Crippen LogP contribution < -0.4 is 10.6 Å². The van der Waals surface area contributed by atoms with Gasteiger partial charge in [-0.2, -0.15) is 0 Å². The van der Waals surface area contributed by atoms with Crippen LogP contribution in [0.3, 0.4) is 0 Å². The van der Waals surface area contributed by atoms with Crippen LogP contribution in [0.4, 0.5) is 5.82 Å². The average Bonchev–Trinajstić information content (AvgIpc) is 2.61. The van der Waals surface area contributed by atoms with E-state index in [1.807, 2.05) is 19.1 Å². The van der Waals surface area contributed by atoms with Gasteiger partial charge in [-0.15, -0.1) is 0 Å². The van der Waals surface area contributed by atoms with Crippen molar-refractivity contribution in [1.82, 2.24) is 15.3 Å². The van der Waals surface area contributed by atoms with E-state index in [2.05, 4.69) is 39.7 Å². The average molecular weight is 338 g/mol. The molecule has 2 aromatic rings. The molecule has 0 bridgehead atoms. The smallest absolute Gasteiger partial charge is 0.270 e. The van der Waals surface area contributed by atoms with Gasteiger partial charge in [0.1, 0.15) is 17.3 Å². The number of rotatable bonds is 5. The number of carbonyl (C=O) groups excluding carboxylic acids is 1. The summed E-state index contributed by atoms with van der Waals surface area (Å²) in [5.41, 5.74) is 2.88. The molecule has 0 radical (unpaired) electrons. The van der Waals surface area contributed by atoms with Crippen LogP contribution in [0.1, 0.15) is 59.5 Å². The standard InChI is InChI=1S/C20H26N4O/c1-14-8-6-7-9-16(14)13-21-19-12-18(22-15(2)23-19)20(25)24-17-10-4-3-5-11-17/h6-9,12,17H,3-5,10-11,13H2,1-2H3,(H,24,25)(H,21,22,23). The van der Waals surface area contributed by atoms with E-state index in [4.69, 9.17) is 0 Å². The molecular formula is C20H26N4O. The lowest BCUT2D eigenvalue weighted by atomic mass is 9.95. The van der Waals surface area contributed by atoms with E-state index < -0.39 is 0 Å². The minimum Gasteiger partial charge on any atom is -0.366 e. The molecule has 0 saturated heterocycles. The van der Waals surface area contributed by atoms with E-state index in [9.17, 15) is 4.79 Å². The Bertz CT molecular complexity index is 738. The van der Waals surface area contributed by atoms with Gasteiger partial charge >= 0.3 is 0 Å². The van der Waals surface area contributed by atoms with Gasteiger partial charge in [0.25, 0.3) is 5.91 Å². The number of nitrogens with one attached hydrogen (secondary N) is 2. The van der Waals surface area contributed by atoms with E-state index in [1.165, 1.54) is 30.4 Å². The first kappa shape index (κ1) is 17.4. The third-order valence-electron chi connectivity index (χ3n) is 4.73. The maximum absolute atomic E-state index is 12.5. The number of hydrogen-bond donors (Lipinski definition) is 2. The van der Waals surface area contributed by atoms with Crippen LogP contribution in [0.5, 0.6) is 0 Å². The quantitative estimate of drug-likeness (QED) is 0.871. The van der Waals surface area contributed by atoms with Gasteiger partial charge in [0.2, 0.25) is 0 Å². The van der Waals surface area contributed by atoms with Crippen molar-refractivity contribution >= 4 is 11.7 Å². The molecule has 1 aliphatic carbocycles. The zero-order valence-electron chi connectivity index (χ0n) is 15.0. The SMILES string of the molecule is Cc1nc(NCc2ccccc2C)cc(C(=O)NC2CCCCC2)n1. The maximum Gasteiger partial charge on any atom is 0.270 e. The largest absolute Gasteiger partial charge is 0.366 e. The summed E-state index contributed by atoms with van der Waals surface area (Å²) in [5, 5.41) is 6.43. The van der Waals surface area contributed by atoms with Crippen molar-refractivity contribution in [2.45, 2.75) is 58.5 Å². The van der Waals surface area contributed by atoms with Gasteiger partial charge in [0.15, 0.2) is 0 Å². The van der Waals surface area contributed by atoms with Crippen LogP contribution >= 0.6 is 0 Å². The molecule has 1 heterocycles. The molecule has 5 nitrogen and oxygen atoms in total. The molecule has 1 saturated carbocycles. The predicted octanol–water partition coefficient (Wildman–Crippen LogP) is 3.77. The summed E-state index contributed by atoms with van der Waals surface area (Å²) in [6, 6.07) is 10.3. The highest BCUT2D eigenvalue weighted by Crippen LogP contribution is 2.18. The highest BCUT2D eigenvalue weighted by Gasteiger charge is 2.18. The van der Waals surface area contributed by atoms with Crippen LogP contribution in [0.2, 0.25) is 0 Å². The Kier molecular flexibility index (Phi) is 5.64. The molecule has 0 spiro atoms. The fourth-order valence-corrected chi connectivity index (χ4v) is 3.28. The fourth-order valence-electron chi connectivity index (χ4n) is 3.28. The monoisotopic (exact) mass is 338 g/mol. The Balaban J connectivity index is 1.67. The molecule has 0 aliphatic heterocycles. The minimum atomic E-state index is -0.101. The van der Waals surface area contributed by atoms with Gasteiger partial charge in [-0.3, -0.25) is 4.79 Å². The zero-order chi connectivity index (χ0) is 17.6. The first-order valence-corrected chi connectivity index (χ1v) is 9.07. The third kappa shape index (κ3) is 4.78. The Morgan fingerprint density at radius 1 is 1.12 bits per heavy atom. The van der Waals surface area contributed by atoms with Crippen molar-refractivity contribution in [3.8, 4) is 0 Å². The molecular weight excluding hydrogens is 312 g/mol. The number of amides is 1. The van der Waals surface area contributed by atoms with Gasteiger partial charge in [0, 0.05) is 18.7 Å². The summed E-state index contributed by atoms with van der Waals surface area (Å²) >= 11 is 0. The number of anilines is 1. The molecule has 1 fully saturated rings. The van der Waals surface area contributed by atoms with E-state index in [0.29, 0.717) is 23.9 Å². The second kappa shape index (κ2) is 8.10. The van der Waals surface area contributed by atoms with Crippen molar-refractivity contribution in [2.75, 3.05) is 5.32 Å². The van der Waals surface area contributed by atoms with Gasteiger partial charge < -0.3 is 10.6 Å². The predicted molar refractivity (Wildman–Crippen MR) is 99.6 cm³/mol. The van der Waals surface area contributed by atoms with Crippen LogP contribution in [0, 0.1) is 13.8 Å². The molecule has 0 atom stereocenters. The summed E-state index contributed by atoms with van der Waals surface area (Å²) in [6.45, 7) is 4.58. The summed E-state index contributed by atoms with van der Waals surface area (Å²) in [7, 11) is 0. The fraction of sp³-hybridized carbons (Fsp3) is 0.450. The number of nitrogens with zero attached hydrogens (tertiary/aromatic N) is 2. The van der Waals surface area contributed by atoms with E-state index in [0.717, 1.165) is 12.8 Å². The van der Waals surface area contributed by atoms with Crippen molar-refractivity contribution in [3.63, 3.8) is 0 Å². The normalized spacial score (nSPS) is 15.0. The molecule has 5 heteroatoms. The molecule has 1 aliphatic rings. The highest BCUT2D eigenvalue weighted by molar-refractivity contribution is 5.93. The maximum atomic E-state index is 12.5. The molecule has 132 valence electrons. The van der Waals surface area contributed by atoms with Crippen LogP contribution in [0.15, 0.2) is 30.3 Å². The Hall–Kier alpha value is -2.43. The van der Waals surface area contributed by atoms with Crippen LogP contribution in [0.25, 0.3) is 0 Å². The number of aryl methyl sites for hydroxylation is 2. The highest BCUT2D eigenvalue weighted by atomic mass is 16.1. The van der Waals surface area contributed by atoms with Crippen LogP contribution in [-0.2, 0) is 6.54 Å². The zero-order valence-corrected chi connectivity index (χ0v) is 15.0. The summed E-state index contributed by atoms with van der Waals surface area (Å²) in [4.78, 5) is 21.2. The summed E-state index contributed by atoms with van der Waals surface area (Å²) < 4.78 is 0. The van der Waals surface area contributed by atoms with E-state index in [-0.39, 0.29) is 11.9 Å². The third-order valence-corrected chi connectivity index (χ3v) is 4.73. The second-order valence-electron chi connectivity index (χ2n) is 6.77. The number of hydrogen-bond acceptors (Lipinski definition) is 4. The second-order valence-corrected chi connectivity index (χ2v) is 6.77. The first-order valence-electron chi connectivity index (χ1n) is 9.07. The van der Waals surface area contributed by atoms with Gasteiger partial charge in [0.05, 0.1) is 0 Å². The Morgan fingerprint density at radius 3 is 2.64 bits per heavy atom. The minimum absolute atomic E-state index is 0.101. The topological polar surface area (TPSA) is 66.9 Å². The Morgan fingerprint density at radius 2 is 1.88 bits per heavy atom. The van der Waals surface area contributed by atoms with Crippen molar-refractivity contribution in [1.29, 1.82) is 0 Å². The van der Waals surface area contributed by atoms with Gasteiger partial charge in [-0.25, -0.2) is 9.97 Å². The summed E-state index contributed by atoms with van der Waals surface area (Å²) in [5.74, 6) is 1.18. The van der Waals surface area contributed by atoms with Crippen molar-refractivity contribution in [2.24, 2.45) is 0 Å². The molecule has 1 amide bonds. The Labute approximate surface area is 149 Å². The number of benzene rings is 1. The molecule has 1 aromatic heterocycles. The van der Waals surface area contributed by atoms with Gasteiger partial charge in [-0.05, 0) is 37.8 Å². The van der Waals surface area contributed by atoms with E-state index >= 15 is 0 Å². The van der Waals surface area contributed by atoms with Crippen molar-refractivity contribution in [3.05, 3.63) is 53.0 Å². The van der Waals surface area contributed by atoms with E-state index in [1.54, 1.807) is 6.07 Å². The lowest BCUT2D eigenvalue weighted by Gasteiger charge is -2.22.